The second-order valence-corrected chi connectivity index (χ2v) is 10.6. The lowest BCUT2D eigenvalue weighted by Gasteiger charge is -2.32. The summed E-state index contributed by atoms with van der Waals surface area (Å²) in [6, 6.07) is 3.59. The monoisotopic (exact) mass is 427 g/mol. The van der Waals surface area contributed by atoms with E-state index in [-0.39, 0.29) is 16.1 Å². The first-order chi connectivity index (χ1) is 13.4. The number of thioether (sulfide) groups is 1. The number of sulfonamides is 1. The molecule has 28 heavy (non-hydrogen) atoms. The van der Waals surface area contributed by atoms with E-state index >= 15 is 0 Å². The molecule has 1 saturated heterocycles. The molecular formula is C19H29N3O4S2. The highest BCUT2D eigenvalue weighted by atomic mass is 32.2. The lowest BCUT2D eigenvalue weighted by atomic mass is 9.94. The van der Waals surface area contributed by atoms with Crippen LogP contribution in [0.4, 0.5) is 0 Å². The summed E-state index contributed by atoms with van der Waals surface area (Å²) >= 11 is 1.37. The van der Waals surface area contributed by atoms with Gasteiger partial charge in [-0.2, -0.15) is 4.31 Å². The van der Waals surface area contributed by atoms with Crippen LogP contribution in [0, 0.1) is 0 Å². The van der Waals surface area contributed by atoms with Gasteiger partial charge in [-0.3, -0.25) is 4.79 Å². The third-order valence-corrected chi connectivity index (χ3v) is 8.35. The summed E-state index contributed by atoms with van der Waals surface area (Å²) in [5.41, 5.74) is 0. The Kier molecular flexibility index (Phi) is 7.36. The van der Waals surface area contributed by atoms with Gasteiger partial charge in [-0.1, -0.05) is 31.0 Å². The Balaban J connectivity index is 1.60. The van der Waals surface area contributed by atoms with Crippen LogP contribution < -0.4 is 0 Å². The summed E-state index contributed by atoms with van der Waals surface area (Å²) in [6.07, 6.45) is 7.16. The Morgan fingerprint density at radius 1 is 1.25 bits per heavy atom. The summed E-state index contributed by atoms with van der Waals surface area (Å²) in [7, 11) is -1.66. The molecule has 1 aliphatic carbocycles. The molecule has 2 fully saturated rings. The lowest BCUT2D eigenvalue weighted by molar-refractivity contribution is -0.131. The van der Waals surface area contributed by atoms with Crippen LogP contribution >= 0.6 is 11.8 Å². The van der Waals surface area contributed by atoms with Gasteiger partial charge in [-0.05, 0) is 31.9 Å². The van der Waals surface area contributed by atoms with Gasteiger partial charge in [0.2, 0.25) is 15.9 Å². The van der Waals surface area contributed by atoms with E-state index in [1.807, 2.05) is 18.9 Å². The first kappa shape index (κ1) is 21.5. The number of aromatic nitrogens is 1. The smallest absolute Gasteiger partial charge is 0.244 e. The number of amides is 1. The zero-order valence-corrected chi connectivity index (χ0v) is 18.2. The maximum Gasteiger partial charge on any atom is 0.244 e. The van der Waals surface area contributed by atoms with Crippen LogP contribution in [0.1, 0.15) is 39.0 Å². The van der Waals surface area contributed by atoms with Crippen molar-refractivity contribution in [2.45, 2.75) is 60.2 Å². The number of ether oxygens (including phenoxy) is 1. The van der Waals surface area contributed by atoms with Gasteiger partial charge in [-0.25, -0.2) is 13.4 Å². The second kappa shape index (κ2) is 9.56. The molecule has 1 atom stereocenters. The molecule has 1 amide bonds. The number of morpholine rings is 1. The molecule has 1 aliphatic heterocycles. The number of pyridine rings is 1. The van der Waals surface area contributed by atoms with Gasteiger partial charge in [0.05, 0.1) is 23.5 Å². The third-order valence-electron chi connectivity index (χ3n) is 5.43. The van der Waals surface area contributed by atoms with Crippen molar-refractivity contribution in [3.05, 3.63) is 18.3 Å². The number of nitrogens with zero attached hydrogens (tertiary/aromatic N) is 3. The number of carbonyl (C=O) groups excluding carboxylic acids is 1. The lowest BCUT2D eigenvalue weighted by Crippen LogP contribution is -2.42. The highest BCUT2D eigenvalue weighted by Gasteiger charge is 2.28. The molecule has 0 aromatic carbocycles. The van der Waals surface area contributed by atoms with Gasteiger partial charge < -0.3 is 9.64 Å². The molecule has 1 saturated carbocycles. The summed E-state index contributed by atoms with van der Waals surface area (Å²) in [6.45, 7) is 3.42. The molecular weight excluding hydrogens is 398 g/mol. The van der Waals surface area contributed by atoms with E-state index in [1.165, 1.54) is 41.5 Å². The quantitative estimate of drug-likeness (QED) is 0.649. The molecule has 2 aliphatic rings. The van der Waals surface area contributed by atoms with Crippen LogP contribution in [0.15, 0.2) is 28.3 Å². The molecule has 9 heteroatoms. The van der Waals surface area contributed by atoms with E-state index in [0.29, 0.717) is 37.4 Å². The van der Waals surface area contributed by atoms with Crippen molar-refractivity contribution in [2.24, 2.45) is 0 Å². The minimum Gasteiger partial charge on any atom is -0.379 e. The number of hydrogen-bond donors (Lipinski definition) is 0. The zero-order chi connectivity index (χ0) is 20.1. The van der Waals surface area contributed by atoms with Crippen LogP contribution in [-0.2, 0) is 19.6 Å². The predicted molar refractivity (Wildman–Crippen MR) is 109 cm³/mol. The highest BCUT2D eigenvalue weighted by Crippen LogP contribution is 2.27. The summed E-state index contributed by atoms with van der Waals surface area (Å²) in [5, 5.41) is 0.389. The van der Waals surface area contributed by atoms with Gasteiger partial charge in [-0.15, -0.1) is 0 Å². The molecule has 156 valence electrons. The average Bonchev–Trinajstić information content (AvgIpc) is 2.74. The Labute approximate surface area is 171 Å². The van der Waals surface area contributed by atoms with Gasteiger partial charge in [0.25, 0.3) is 0 Å². The maximum absolute atomic E-state index is 12.7. The predicted octanol–water partition coefficient (Wildman–Crippen LogP) is 2.37. The molecule has 7 nitrogen and oxygen atoms in total. The van der Waals surface area contributed by atoms with Crippen molar-refractivity contribution < 1.29 is 17.9 Å². The number of hydrogen-bond acceptors (Lipinski definition) is 6. The standard InChI is InChI=1S/C19H29N3O4S2/c1-15(19(23)21(2)16-6-4-3-5-7-16)27-18-9-8-17(14-20-18)28(24,25)22-10-12-26-13-11-22/h8-9,14-16H,3-7,10-13H2,1-2H3/t15-/m0/s1. The van der Waals surface area contributed by atoms with Crippen molar-refractivity contribution in [1.82, 2.24) is 14.2 Å². The fourth-order valence-electron chi connectivity index (χ4n) is 3.69. The van der Waals surface area contributed by atoms with Crippen molar-refractivity contribution >= 4 is 27.7 Å². The van der Waals surface area contributed by atoms with E-state index in [2.05, 4.69) is 4.98 Å². The molecule has 0 spiro atoms. The first-order valence-corrected chi connectivity index (χ1v) is 12.2. The highest BCUT2D eigenvalue weighted by molar-refractivity contribution is 8.00. The van der Waals surface area contributed by atoms with Crippen molar-refractivity contribution in [1.29, 1.82) is 0 Å². The number of rotatable bonds is 6. The van der Waals surface area contributed by atoms with Crippen molar-refractivity contribution in [3.8, 4) is 0 Å². The van der Waals surface area contributed by atoms with Crippen molar-refractivity contribution in [3.63, 3.8) is 0 Å². The van der Waals surface area contributed by atoms with Gasteiger partial charge >= 0.3 is 0 Å². The molecule has 0 unspecified atom stereocenters. The largest absolute Gasteiger partial charge is 0.379 e. The first-order valence-electron chi connectivity index (χ1n) is 9.87. The van der Waals surface area contributed by atoms with Crippen LogP contribution in [0.25, 0.3) is 0 Å². The van der Waals surface area contributed by atoms with Crippen molar-refractivity contribution in [2.75, 3.05) is 33.4 Å². The molecule has 1 aromatic heterocycles. The van der Waals surface area contributed by atoms with Crippen LogP contribution in [0.5, 0.6) is 0 Å². The van der Waals surface area contributed by atoms with E-state index in [1.54, 1.807) is 12.1 Å². The third kappa shape index (κ3) is 5.06. The van der Waals surface area contributed by atoms with E-state index in [0.717, 1.165) is 12.8 Å². The van der Waals surface area contributed by atoms with E-state index < -0.39 is 10.0 Å². The van der Waals surface area contributed by atoms with Gasteiger partial charge in [0.15, 0.2) is 0 Å². The van der Waals surface area contributed by atoms with E-state index in [9.17, 15) is 13.2 Å². The van der Waals surface area contributed by atoms with Gasteiger partial charge in [0.1, 0.15) is 4.90 Å². The normalized spacial score (nSPS) is 20.6. The summed E-state index contributed by atoms with van der Waals surface area (Å²) in [4.78, 5) is 19.1. The van der Waals surface area contributed by atoms with Crippen LogP contribution in [-0.4, -0.2) is 73.2 Å². The van der Waals surface area contributed by atoms with Crippen LogP contribution in [0.3, 0.4) is 0 Å². The molecule has 1 aromatic rings. The van der Waals surface area contributed by atoms with E-state index in [4.69, 9.17) is 4.74 Å². The number of carbonyl (C=O) groups is 1. The molecule has 0 radical (unpaired) electrons. The Morgan fingerprint density at radius 3 is 2.54 bits per heavy atom. The maximum atomic E-state index is 12.7. The summed E-state index contributed by atoms with van der Waals surface area (Å²) < 4.78 is 32.0. The summed E-state index contributed by atoms with van der Waals surface area (Å²) in [5.74, 6) is 0.101. The van der Waals surface area contributed by atoms with Crippen LogP contribution in [0.2, 0.25) is 0 Å². The zero-order valence-electron chi connectivity index (χ0n) is 16.5. The topological polar surface area (TPSA) is 79.8 Å². The Bertz CT molecular complexity index is 758. The Morgan fingerprint density at radius 2 is 1.93 bits per heavy atom. The average molecular weight is 428 g/mol. The molecule has 2 heterocycles. The minimum absolute atomic E-state index is 0.101. The molecule has 3 rings (SSSR count). The van der Waals surface area contributed by atoms with Gasteiger partial charge in [0, 0.05) is 32.4 Å². The molecule has 0 bridgehead atoms. The SMILES string of the molecule is C[C@H](Sc1ccc(S(=O)(=O)N2CCOCC2)cn1)C(=O)N(C)C1CCCCC1. The Hall–Kier alpha value is -1.16. The second-order valence-electron chi connectivity index (χ2n) is 7.35. The minimum atomic E-state index is -3.55. The fraction of sp³-hybridized carbons (Fsp3) is 0.684. The molecule has 0 N–H and O–H groups in total. The fourth-order valence-corrected chi connectivity index (χ4v) is 5.93.